The van der Waals surface area contributed by atoms with E-state index >= 15 is 0 Å². The highest BCUT2D eigenvalue weighted by molar-refractivity contribution is 9.10. The summed E-state index contributed by atoms with van der Waals surface area (Å²) in [5, 5.41) is 0. The monoisotopic (exact) mass is 243 g/mol. The summed E-state index contributed by atoms with van der Waals surface area (Å²) in [6, 6.07) is 0.473. The number of halogens is 1. The molecule has 1 heterocycles. The van der Waals surface area contributed by atoms with Gasteiger partial charge in [-0.3, -0.25) is 0 Å². The molecule has 1 aromatic rings. The number of rotatable bonds is 3. The van der Waals surface area contributed by atoms with E-state index < -0.39 is 0 Å². The van der Waals surface area contributed by atoms with Gasteiger partial charge in [-0.15, -0.1) is 0 Å². The maximum Gasteiger partial charge on any atom is 0.225 e. The molecule has 0 aromatic carbocycles. The summed E-state index contributed by atoms with van der Waals surface area (Å²) >= 11 is 3.31. The van der Waals surface area contributed by atoms with Crippen molar-refractivity contribution in [2.24, 2.45) is 0 Å². The largest absolute Gasteiger partial charge is 0.341 e. The lowest BCUT2D eigenvalue weighted by atomic mass is 10.2. The van der Waals surface area contributed by atoms with Gasteiger partial charge in [-0.25, -0.2) is 9.97 Å². The molecule has 0 amide bonds. The molecule has 72 valence electrons. The second-order valence-corrected chi connectivity index (χ2v) is 3.99. The topological polar surface area (TPSA) is 29.0 Å². The zero-order valence-corrected chi connectivity index (χ0v) is 9.74. The molecule has 0 radical (unpaired) electrons. The molecule has 0 saturated carbocycles. The van der Waals surface area contributed by atoms with Crippen molar-refractivity contribution in [2.75, 3.05) is 11.9 Å². The Balaban J connectivity index is 2.77. The summed E-state index contributed by atoms with van der Waals surface area (Å²) in [6.45, 7) is 4.31. The van der Waals surface area contributed by atoms with Crippen LogP contribution in [0.25, 0.3) is 0 Å². The van der Waals surface area contributed by atoms with E-state index in [2.05, 4.69) is 44.6 Å². The summed E-state index contributed by atoms with van der Waals surface area (Å²) < 4.78 is 0.911. The first-order chi connectivity index (χ1) is 6.15. The number of nitrogens with zero attached hydrogens (tertiary/aromatic N) is 3. The minimum absolute atomic E-state index is 0.473. The predicted octanol–water partition coefficient (Wildman–Crippen LogP) is 2.47. The van der Waals surface area contributed by atoms with Crippen LogP contribution >= 0.6 is 15.9 Å². The first-order valence-corrected chi connectivity index (χ1v) is 5.14. The Labute approximate surface area is 87.3 Å². The van der Waals surface area contributed by atoms with Gasteiger partial charge in [-0.2, -0.15) is 0 Å². The molecule has 0 aliphatic heterocycles. The summed E-state index contributed by atoms with van der Waals surface area (Å²) in [7, 11) is 2.01. The van der Waals surface area contributed by atoms with Gasteiger partial charge in [0, 0.05) is 25.5 Å². The van der Waals surface area contributed by atoms with Gasteiger partial charge in [-0.1, -0.05) is 6.92 Å². The Morgan fingerprint density at radius 2 is 2.00 bits per heavy atom. The van der Waals surface area contributed by atoms with Crippen LogP contribution in [-0.4, -0.2) is 23.1 Å². The minimum Gasteiger partial charge on any atom is -0.341 e. The third kappa shape index (κ3) is 2.66. The zero-order valence-electron chi connectivity index (χ0n) is 8.16. The lowest BCUT2D eigenvalue weighted by Gasteiger charge is -2.23. The molecule has 1 aromatic heterocycles. The minimum atomic E-state index is 0.473. The van der Waals surface area contributed by atoms with Gasteiger partial charge in [0.25, 0.3) is 0 Å². The second-order valence-electron chi connectivity index (χ2n) is 3.07. The fourth-order valence-electron chi connectivity index (χ4n) is 0.959. The first kappa shape index (κ1) is 10.4. The molecule has 0 aliphatic carbocycles. The lowest BCUT2D eigenvalue weighted by Crippen LogP contribution is -2.29. The fourth-order valence-corrected chi connectivity index (χ4v) is 1.16. The smallest absolute Gasteiger partial charge is 0.225 e. The van der Waals surface area contributed by atoms with Crippen molar-refractivity contribution in [3.05, 3.63) is 16.9 Å². The number of hydrogen-bond acceptors (Lipinski definition) is 3. The van der Waals surface area contributed by atoms with Gasteiger partial charge in [0.2, 0.25) is 5.95 Å². The Morgan fingerprint density at radius 3 is 2.46 bits per heavy atom. The molecule has 0 bridgehead atoms. The number of hydrogen-bond donors (Lipinski definition) is 0. The van der Waals surface area contributed by atoms with E-state index in [4.69, 9.17) is 0 Å². The van der Waals surface area contributed by atoms with Crippen LogP contribution in [0.5, 0.6) is 0 Å². The maximum absolute atomic E-state index is 4.22. The van der Waals surface area contributed by atoms with Gasteiger partial charge in [0.15, 0.2) is 0 Å². The molecule has 4 heteroatoms. The average molecular weight is 244 g/mol. The molecule has 1 atom stereocenters. The number of anilines is 1. The Kier molecular flexibility index (Phi) is 3.66. The van der Waals surface area contributed by atoms with Gasteiger partial charge >= 0.3 is 0 Å². The SMILES string of the molecule is CCC(C)N(C)c1ncc(Br)cn1. The van der Waals surface area contributed by atoms with Crippen LogP contribution in [0, 0.1) is 0 Å². The van der Waals surface area contributed by atoms with E-state index in [-0.39, 0.29) is 0 Å². The quantitative estimate of drug-likeness (QED) is 0.817. The van der Waals surface area contributed by atoms with E-state index in [0.29, 0.717) is 6.04 Å². The Hall–Kier alpha value is -0.640. The van der Waals surface area contributed by atoms with Gasteiger partial charge in [-0.05, 0) is 29.3 Å². The van der Waals surface area contributed by atoms with Crippen molar-refractivity contribution in [3.8, 4) is 0 Å². The van der Waals surface area contributed by atoms with Crippen LogP contribution in [0.2, 0.25) is 0 Å². The van der Waals surface area contributed by atoms with Crippen LogP contribution in [0.15, 0.2) is 16.9 Å². The van der Waals surface area contributed by atoms with Crippen LogP contribution in [0.4, 0.5) is 5.95 Å². The number of aromatic nitrogens is 2. The third-order valence-electron chi connectivity index (χ3n) is 2.17. The van der Waals surface area contributed by atoms with E-state index in [1.807, 2.05) is 7.05 Å². The van der Waals surface area contributed by atoms with Crippen molar-refractivity contribution < 1.29 is 0 Å². The predicted molar refractivity (Wildman–Crippen MR) is 57.9 cm³/mol. The molecule has 0 spiro atoms. The van der Waals surface area contributed by atoms with Crippen molar-refractivity contribution in [3.63, 3.8) is 0 Å². The molecule has 0 aliphatic rings. The molecule has 0 fully saturated rings. The zero-order chi connectivity index (χ0) is 9.84. The summed E-state index contributed by atoms with van der Waals surface area (Å²) in [6.07, 6.45) is 4.62. The maximum atomic E-state index is 4.22. The molecular weight excluding hydrogens is 230 g/mol. The Bertz CT molecular complexity index is 260. The third-order valence-corrected chi connectivity index (χ3v) is 2.58. The lowest BCUT2D eigenvalue weighted by molar-refractivity contribution is 0.648. The van der Waals surface area contributed by atoms with E-state index in [1.165, 1.54) is 0 Å². The molecule has 1 rings (SSSR count). The molecule has 0 N–H and O–H groups in total. The summed E-state index contributed by atoms with van der Waals surface area (Å²) in [5.41, 5.74) is 0. The van der Waals surface area contributed by atoms with E-state index in [1.54, 1.807) is 12.4 Å². The Morgan fingerprint density at radius 1 is 1.46 bits per heavy atom. The standard InChI is InChI=1S/C9H14BrN3/c1-4-7(2)13(3)9-11-5-8(10)6-12-9/h5-7H,4H2,1-3H3. The summed E-state index contributed by atoms with van der Waals surface area (Å²) in [5.74, 6) is 0.776. The van der Waals surface area contributed by atoms with Crippen molar-refractivity contribution in [1.29, 1.82) is 0 Å². The van der Waals surface area contributed by atoms with E-state index in [0.717, 1.165) is 16.8 Å². The molecule has 0 saturated heterocycles. The molecule has 3 nitrogen and oxygen atoms in total. The van der Waals surface area contributed by atoms with Crippen molar-refractivity contribution in [2.45, 2.75) is 26.3 Å². The highest BCUT2D eigenvalue weighted by atomic mass is 79.9. The van der Waals surface area contributed by atoms with Crippen LogP contribution in [0.3, 0.4) is 0 Å². The van der Waals surface area contributed by atoms with Gasteiger partial charge in [0.05, 0.1) is 4.47 Å². The first-order valence-electron chi connectivity index (χ1n) is 4.35. The highest BCUT2D eigenvalue weighted by Gasteiger charge is 2.09. The van der Waals surface area contributed by atoms with E-state index in [9.17, 15) is 0 Å². The molecule has 13 heavy (non-hydrogen) atoms. The van der Waals surface area contributed by atoms with Crippen LogP contribution < -0.4 is 4.90 Å². The summed E-state index contributed by atoms with van der Waals surface area (Å²) in [4.78, 5) is 10.5. The van der Waals surface area contributed by atoms with Crippen LogP contribution in [0.1, 0.15) is 20.3 Å². The van der Waals surface area contributed by atoms with Crippen LogP contribution in [-0.2, 0) is 0 Å². The highest BCUT2D eigenvalue weighted by Crippen LogP contribution is 2.12. The van der Waals surface area contributed by atoms with Crippen molar-refractivity contribution in [1.82, 2.24) is 9.97 Å². The van der Waals surface area contributed by atoms with Crippen molar-refractivity contribution >= 4 is 21.9 Å². The van der Waals surface area contributed by atoms with Gasteiger partial charge in [0.1, 0.15) is 0 Å². The molecule has 1 unspecified atom stereocenters. The second kappa shape index (κ2) is 4.56. The van der Waals surface area contributed by atoms with Gasteiger partial charge < -0.3 is 4.90 Å². The molecular formula is C9H14BrN3. The normalized spacial score (nSPS) is 12.6. The fraction of sp³-hybridized carbons (Fsp3) is 0.556. The average Bonchev–Trinajstić information content (AvgIpc) is 2.17.